The summed E-state index contributed by atoms with van der Waals surface area (Å²) in [6, 6.07) is 16.7. The Balaban J connectivity index is 1.68. The molecule has 2 heterocycles. The van der Waals surface area contributed by atoms with Crippen LogP contribution in [-0.4, -0.2) is 56.1 Å². The molecule has 0 radical (unpaired) electrons. The van der Waals surface area contributed by atoms with Gasteiger partial charge in [0.15, 0.2) is 0 Å². The second-order valence-corrected chi connectivity index (χ2v) is 8.77. The van der Waals surface area contributed by atoms with Crippen molar-refractivity contribution in [2.75, 3.05) is 39.8 Å². The first-order valence-corrected chi connectivity index (χ1v) is 11.2. The van der Waals surface area contributed by atoms with Crippen molar-refractivity contribution in [3.8, 4) is 0 Å². The Hall–Kier alpha value is -1.92. The van der Waals surface area contributed by atoms with Crippen LogP contribution < -0.4 is 16.0 Å². The molecule has 3 N–H and O–H groups in total. The van der Waals surface area contributed by atoms with E-state index < -0.39 is 0 Å². The lowest BCUT2D eigenvalue weighted by atomic mass is 9.81. The standard InChI is InChI=1S/C24H31ClN4O/c1-26-23(30)20-8-7-19(21(25)15-20)16-22(18-5-3-2-4-6-18)29-14-13-28-17-24(29)9-11-27-12-10-24/h2-8,15,22,27-28H,9-14,16-17H2,1H3,(H,26,30). The van der Waals surface area contributed by atoms with Gasteiger partial charge in [0, 0.05) is 48.8 Å². The number of nitrogens with zero attached hydrogens (tertiary/aromatic N) is 1. The summed E-state index contributed by atoms with van der Waals surface area (Å²) in [5.74, 6) is -0.112. The van der Waals surface area contributed by atoms with E-state index in [-0.39, 0.29) is 17.5 Å². The molecule has 30 heavy (non-hydrogen) atoms. The molecule has 0 saturated carbocycles. The molecule has 0 aromatic heterocycles. The summed E-state index contributed by atoms with van der Waals surface area (Å²) in [4.78, 5) is 14.7. The second kappa shape index (κ2) is 9.48. The lowest BCUT2D eigenvalue weighted by molar-refractivity contribution is -0.00387. The number of nitrogens with one attached hydrogen (secondary N) is 3. The first-order valence-electron chi connectivity index (χ1n) is 10.9. The minimum absolute atomic E-state index is 0.112. The summed E-state index contributed by atoms with van der Waals surface area (Å²) < 4.78 is 0. The molecular weight excluding hydrogens is 396 g/mol. The van der Waals surface area contributed by atoms with E-state index in [0.29, 0.717) is 10.6 Å². The average molecular weight is 427 g/mol. The predicted octanol–water partition coefficient (Wildman–Crippen LogP) is 3.01. The lowest BCUT2D eigenvalue weighted by Gasteiger charge is -2.53. The first kappa shape index (κ1) is 21.3. The zero-order valence-electron chi connectivity index (χ0n) is 17.6. The second-order valence-electron chi connectivity index (χ2n) is 8.36. The summed E-state index contributed by atoms with van der Waals surface area (Å²) >= 11 is 6.66. The molecule has 5 nitrogen and oxygen atoms in total. The number of carbonyl (C=O) groups excluding carboxylic acids is 1. The van der Waals surface area contributed by atoms with E-state index in [9.17, 15) is 4.79 Å². The molecule has 2 aromatic rings. The molecule has 1 amide bonds. The zero-order chi connectivity index (χ0) is 21.0. The number of amides is 1. The molecule has 1 unspecified atom stereocenters. The monoisotopic (exact) mass is 426 g/mol. The fourth-order valence-corrected chi connectivity index (χ4v) is 5.25. The highest BCUT2D eigenvalue weighted by Gasteiger charge is 2.43. The molecule has 6 heteroatoms. The van der Waals surface area contributed by atoms with Crippen molar-refractivity contribution in [1.82, 2.24) is 20.9 Å². The van der Waals surface area contributed by atoms with Gasteiger partial charge in [-0.2, -0.15) is 0 Å². The van der Waals surface area contributed by atoms with E-state index in [1.54, 1.807) is 13.1 Å². The highest BCUT2D eigenvalue weighted by atomic mass is 35.5. The van der Waals surface area contributed by atoms with Crippen LogP contribution in [0.15, 0.2) is 48.5 Å². The van der Waals surface area contributed by atoms with E-state index in [0.717, 1.165) is 57.5 Å². The van der Waals surface area contributed by atoms with Gasteiger partial charge in [0.05, 0.1) is 0 Å². The maximum atomic E-state index is 12.0. The maximum Gasteiger partial charge on any atom is 0.251 e. The van der Waals surface area contributed by atoms with Crippen molar-refractivity contribution in [3.63, 3.8) is 0 Å². The summed E-state index contributed by atoms with van der Waals surface area (Å²) in [5.41, 5.74) is 3.17. The first-order chi connectivity index (χ1) is 14.6. The number of piperidine rings is 1. The van der Waals surface area contributed by atoms with E-state index >= 15 is 0 Å². The fourth-order valence-electron chi connectivity index (χ4n) is 4.99. The molecule has 4 rings (SSSR count). The van der Waals surface area contributed by atoms with Gasteiger partial charge in [-0.15, -0.1) is 0 Å². The average Bonchev–Trinajstić information content (AvgIpc) is 2.79. The van der Waals surface area contributed by atoms with Crippen LogP contribution in [0.25, 0.3) is 0 Å². The third-order valence-electron chi connectivity index (χ3n) is 6.64. The molecule has 0 aliphatic carbocycles. The summed E-state index contributed by atoms with van der Waals surface area (Å²) in [6.45, 7) is 5.17. The highest BCUT2D eigenvalue weighted by molar-refractivity contribution is 6.31. The molecule has 160 valence electrons. The fraction of sp³-hybridized carbons (Fsp3) is 0.458. The van der Waals surface area contributed by atoms with Crippen LogP contribution >= 0.6 is 11.6 Å². The Morgan fingerprint density at radius 2 is 1.90 bits per heavy atom. The number of hydrogen-bond donors (Lipinski definition) is 3. The van der Waals surface area contributed by atoms with Gasteiger partial charge in [0.2, 0.25) is 0 Å². The Kier molecular flexibility index (Phi) is 6.74. The van der Waals surface area contributed by atoms with Gasteiger partial charge in [-0.25, -0.2) is 0 Å². The minimum atomic E-state index is -0.112. The molecule has 2 aliphatic rings. The summed E-state index contributed by atoms with van der Waals surface area (Å²) in [7, 11) is 1.64. The van der Waals surface area contributed by atoms with Crippen LogP contribution in [0.5, 0.6) is 0 Å². The largest absolute Gasteiger partial charge is 0.355 e. The zero-order valence-corrected chi connectivity index (χ0v) is 18.3. The van der Waals surface area contributed by atoms with Gasteiger partial charge >= 0.3 is 0 Å². The molecule has 1 spiro atoms. The highest BCUT2D eigenvalue weighted by Crippen LogP contribution is 2.38. The number of hydrogen-bond acceptors (Lipinski definition) is 4. The maximum absolute atomic E-state index is 12.0. The third-order valence-corrected chi connectivity index (χ3v) is 7.00. The third kappa shape index (κ3) is 4.40. The van der Waals surface area contributed by atoms with Crippen LogP contribution in [0.4, 0.5) is 0 Å². The van der Waals surface area contributed by atoms with Crippen molar-refractivity contribution in [2.24, 2.45) is 0 Å². The quantitative estimate of drug-likeness (QED) is 0.688. The minimum Gasteiger partial charge on any atom is -0.355 e. The van der Waals surface area contributed by atoms with Crippen LogP contribution in [0.3, 0.4) is 0 Å². The van der Waals surface area contributed by atoms with Gasteiger partial charge in [0.1, 0.15) is 0 Å². The number of halogens is 1. The van der Waals surface area contributed by atoms with Crippen LogP contribution in [0.1, 0.15) is 40.4 Å². The van der Waals surface area contributed by atoms with Crippen molar-refractivity contribution in [3.05, 3.63) is 70.2 Å². The lowest BCUT2D eigenvalue weighted by Crippen LogP contribution is -2.65. The van der Waals surface area contributed by atoms with Crippen molar-refractivity contribution >= 4 is 17.5 Å². The van der Waals surface area contributed by atoms with Crippen molar-refractivity contribution in [1.29, 1.82) is 0 Å². The predicted molar refractivity (Wildman–Crippen MR) is 122 cm³/mol. The van der Waals surface area contributed by atoms with Gasteiger partial charge in [-0.3, -0.25) is 9.69 Å². The molecule has 2 aromatic carbocycles. The van der Waals surface area contributed by atoms with E-state index in [1.807, 2.05) is 12.1 Å². The van der Waals surface area contributed by atoms with Gasteiger partial charge in [0.25, 0.3) is 5.91 Å². The molecule has 0 bridgehead atoms. The van der Waals surface area contributed by atoms with Crippen LogP contribution in [0, 0.1) is 0 Å². The van der Waals surface area contributed by atoms with Crippen LogP contribution in [-0.2, 0) is 6.42 Å². The molecule has 2 fully saturated rings. The summed E-state index contributed by atoms with van der Waals surface area (Å²) in [6.07, 6.45) is 3.12. The molecule has 2 aliphatic heterocycles. The number of benzene rings is 2. The van der Waals surface area contributed by atoms with E-state index in [2.05, 4.69) is 51.2 Å². The van der Waals surface area contributed by atoms with E-state index in [1.165, 1.54) is 5.56 Å². The van der Waals surface area contributed by atoms with Crippen LogP contribution in [0.2, 0.25) is 5.02 Å². The number of rotatable bonds is 5. The molecule has 1 atom stereocenters. The van der Waals surface area contributed by atoms with Gasteiger partial charge in [-0.1, -0.05) is 48.0 Å². The van der Waals surface area contributed by atoms with Gasteiger partial charge in [-0.05, 0) is 55.6 Å². The van der Waals surface area contributed by atoms with Crippen molar-refractivity contribution < 1.29 is 4.79 Å². The van der Waals surface area contributed by atoms with Crippen molar-refractivity contribution in [2.45, 2.75) is 30.8 Å². The Bertz CT molecular complexity index is 858. The SMILES string of the molecule is CNC(=O)c1ccc(CC(c2ccccc2)N2CCNCC23CCNCC3)c(Cl)c1. The normalized spacial score (nSPS) is 20.1. The Morgan fingerprint density at radius 3 is 2.60 bits per heavy atom. The topological polar surface area (TPSA) is 56.4 Å². The Labute approximate surface area is 184 Å². The van der Waals surface area contributed by atoms with Gasteiger partial charge < -0.3 is 16.0 Å². The molecular formula is C24H31ClN4O. The smallest absolute Gasteiger partial charge is 0.251 e. The number of piperazine rings is 1. The Morgan fingerprint density at radius 1 is 1.13 bits per heavy atom. The molecule has 2 saturated heterocycles. The number of carbonyl (C=O) groups is 1. The summed E-state index contributed by atoms with van der Waals surface area (Å²) in [5, 5.41) is 10.5. The van der Waals surface area contributed by atoms with E-state index in [4.69, 9.17) is 11.6 Å².